The van der Waals surface area contributed by atoms with Crippen LogP contribution < -0.4 is 5.56 Å². The van der Waals surface area contributed by atoms with E-state index in [1.807, 2.05) is 4.90 Å². The molecule has 23 heavy (non-hydrogen) atoms. The van der Waals surface area contributed by atoms with Crippen molar-refractivity contribution in [1.82, 2.24) is 14.9 Å². The van der Waals surface area contributed by atoms with E-state index in [1.165, 1.54) is 25.3 Å². The molecule has 1 aliphatic carbocycles. The Bertz CT molecular complexity index is 607. The largest absolute Gasteiger partial charge is 0.377 e. The quantitative estimate of drug-likeness (QED) is 0.924. The van der Waals surface area contributed by atoms with Crippen LogP contribution in [0.25, 0.3) is 0 Å². The average Bonchev–Trinajstić information content (AvgIpc) is 2.55. The Morgan fingerprint density at radius 3 is 2.91 bits per heavy atom. The maximum atomic E-state index is 12.8. The second kappa shape index (κ2) is 7.25. The Balaban J connectivity index is 1.75. The fourth-order valence-electron chi connectivity index (χ4n) is 3.68. The molecule has 1 saturated heterocycles. The number of carbonyl (C=O) groups is 1. The number of aromatic nitrogens is 2. The summed E-state index contributed by atoms with van der Waals surface area (Å²) in [4.78, 5) is 33.4. The van der Waals surface area contributed by atoms with Crippen molar-refractivity contribution in [3.05, 3.63) is 27.9 Å². The molecule has 0 bridgehead atoms. The highest BCUT2D eigenvalue weighted by molar-refractivity contribution is 5.77. The molecule has 1 N–H and O–H groups in total. The van der Waals surface area contributed by atoms with E-state index in [0.29, 0.717) is 43.6 Å². The number of aryl methyl sites for hydroxylation is 1. The Kier molecular flexibility index (Phi) is 5.10. The summed E-state index contributed by atoms with van der Waals surface area (Å²) >= 11 is 0. The lowest BCUT2D eigenvalue weighted by Crippen LogP contribution is -2.44. The zero-order valence-electron chi connectivity index (χ0n) is 13.7. The lowest BCUT2D eigenvalue weighted by Gasteiger charge is -2.36. The van der Waals surface area contributed by atoms with Gasteiger partial charge in [-0.2, -0.15) is 0 Å². The molecule has 0 aromatic carbocycles. The first kappa shape index (κ1) is 16.2. The van der Waals surface area contributed by atoms with Crippen LogP contribution in [-0.4, -0.2) is 40.5 Å². The van der Waals surface area contributed by atoms with Gasteiger partial charge in [0.05, 0.1) is 24.9 Å². The SMILES string of the molecule is Cc1nc([C@@H]2COCCN2C(=O)CC2CCCCC2)cc(=O)[nH]1. The predicted octanol–water partition coefficient (Wildman–Crippen LogP) is 1.95. The van der Waals surface area contributed by atoms with E-state index in [0.717, 1.165) is 12.8 Å². The second-order valence-electron chi connectivity index (χ2n) is 6.64. The first-order valence-corrected chi connectivity index (χ1v) is 8.58. The minimum absolute atomic E-state index is 0.171. The van der Waals surface area contributed by atoms with Crippen LogP contribution in [0.3, 0.4) is 0 Å². The summed E-state index contributed by atoms with van der Waals surface area (Å²) < 4.78 is 5.54. The highest BCUT2D eigenvalue weighted by Crippen LogP contribution is 2.29. The van der Waals surface area contributed by atoms with E-state index >= 15 is 0 Å². The van der Waals surface area contributed by atoms with Crippen molar-refractivity contribution < 1.29 is 9.53 Å². The number of nitrogens with zero attached hydrogens (tertiary/aromatic N) is 2. The monoisotopic (exact) mass is 319 g/mol. The first-order chi connectivity index (χ1) is 11.1. The Labute approximate surface area is 136 Å². The van der Waals surface area contributed by atoms with Gasteiger partial charge in [0.1, 0.15) is 5.82 Å². The van der Waals surface area contributed by atoms with Gasteiger partial charge in [0.15, 0.2) is 0 Å². The summed E-state index contributed by atoms with van der Waals surface area (Å²) in [6, 6.07) is 1.23. The zero-order chi connectivity index (χ0) is 16.2. The topological polar surface area (TPSA) is 75.3 Å². The van der Waals surface area contributed by atoms with E-state index in [2.05, 4.69) is 9.97 Å². The molecule has 1 atom stereocenters. The molecule has 2 heterocycles. The Morgan fingerprint density at radius 1 is 1.39 bits per heavy atom. The molecule has 0 radical (unpaired) electrons. The van der Waals surface area contributed by atoms with Crippen LogP contribution in [0.5, 0.6) is 0 Å². The number of morpholine rings is 1. The van der Waals surface area contributed by atoms with Crippen LogP contribution in [0, 0.1) is 12.8 Å². The molecule has 2 aliphatic rings. The number of H-pyrrole nitrogens is 1. The lowest BCUT2D eigenvalue weighted by molar-refractivity contribution is -0.141. The molecule has 0 unspecified atom stereocenters. The van der Waals surface area contributed by atoms with Gasteiger partial charge in [-0.1, -0.05) is 19.3 Å². The van der Waals surface area contributed by atoms with E-state index in [4.69, 9.17) is 4.74 Å². The predicted molar refractivity (Wildman–Crippen MR) is 86.1 cm³/mol. The van der Waals surface area contributed by atoms with Crippen LogP contribution in [0.15, 0.2) is 10.9 Å². The third-order valence-corrected chi connectivity index (χ3v) is 4.86. The van der Waals surface area contributed by atoms with Gasteiger partial charge in [0, 0.05) is 19.0 Å². The minimum Gasteiger partial charge on any atom is -0.377 e. The molecule has 1 aromatic rings. The summed E-state index contributed by atoms with van der Waals surface area (Å²) in [6.45, 7) is 3.29. The molecule has 3 rings (SSSR count). The van der Waals surface area contributed by atoms with E-state index in [-0.39, 0.29) is 17.5 Å². The van der Waals surface area contributed by atoms with Crippen molar-refractivity contribution in [2.24, 2.45) is 5.92 Å². The van der Waals surface area contributed by atoms with Gasteiger partial charge in [0.25, 0.3) is 5.56 Å². The minimum atomic E-state index is -0.249. The molecule has 1 aliphatic heterocycles. The van der Waals surface area contributed by atoms with E-state index < -0.39 is 0 Å². The number of carbonyl (C=O) groups excluding carboxylic acids is 1. The standard InChI is InChI=1S/C17H25N3O3/c1-12-18-14(10-16(21)19-12)15-11-23-8-7-20(15)17(22)9-13-5-3-2-4-6-13/h10,13,15H,2-9,11H2,1H3,(H,18,19,21)/t15-/m0/s1. The van der Waals surface area contributed by atoms with Crippen molar-refractivity contribution in [1.29, 1.82) is 0 Å². The first-order valence-electron chi connectivity index (χ1n) is 8.58. The number of amides is 1. The fourth-order valence-corrected chi connectivity index (χ4v) is 3.68. The number of rotatable bonds is 3. The van der Waals surface area contributed by atoms with Crippen LogP contribution in [0.4, 0.5) is 0 Å². The maximum absolute atomic E-state index is 12.8. The second-order valence-corrected chi connectivity index (χ2v) is 6.64. The molecular formula is C17H25N3O3. The van der Waals surface area contributed by atoms with Crippen molar-refractivity contribution >= 4 is 5.91 Å². The fraction of sp³-hybridized carbons (Fsp3) is 0.706. The van der Waals surface area contributed by atoms with Crippen molar-refractivity contribution in [2.75, 3.05) is 19.8 Å². The van der Waals surface area contributed by atoms with Crippen LogP contribution in [0.1, 0.15) is 56.1 Å². The molecule has 6 heteroatoms. The lowest BCUT2D eigenvalue weighted by atomic mass is 9.86. The molecule has 1 saturated carbocycles. The number of aromatic amines is 1. The van der Waals surface area contributed by atoms with Crippen molar-refractivity contribution in [3.8, 4) is 0 Å². The molecule has 1 aromatic heterocycles. The summed E-state index contributed by atoms with van der Waals surface area (Å²) in [6.07, 6.45) is 6.68. The van der Waals surface area contributed by atoms with Gasteiger partial charge in [-0.15, -0.1) is 0 Å². The Morgan fingerprint density at radius 2 is 2.17 bits per heavy atom. The average molecular weight is 319 g/mol. The number of ether oxygens (including phenoxy) is 1. The summed E-state index contributed by atoms with van der Waals surface area (Å²) in [5, 5.41) is 0. The summed E-state index contributed by atoms with van der Waals surface area (Å²) in [7, 11) is 0. The van der Waals surface area contributed by atoms with Crippen LogP contribution in [0.2, 0.25) is 0 Å². The van der Waals surface area contributed by atoms with Gasteiger partial charge in [0.2, 0.25) is 5.91 Å². The molecular weight excluding hydrogens is 294 g/mol. The number of hydrogen-bond acceptors (Lipinski definition) is 4. The van der Waals surface area contributed by atoms with Crippen LogP contribution in [-0.2, 0) is 9.53 Å². The smallest absolute Gasteiger partial charge is 0.251 e. The highest BCUT2D eigenvalue weighted by Gasteiger charge is 2.31. The van der Waals surface area contributed by atoms with Crippen LogP contribution >= 0.6 is 0 Å². The van der Waals surface area contributed by atoms with Gasteiger partial charge in [-0.3, -0.25) is 9.59 Å². The maximum Gasteiger partial charge on any atom is 0.251 e. The van der Waals surface area contributed by atoms with Crippen molar-refractivity contribution in [3.63, 3.8) is 0 Å². The van der Waals surface area contributed by atoms with Gasteiger partial charge >= 0.3 is 0 Å². The molecule has 126 valence electrons. The normalized spacial score (nSPS) is 23.0. The van der Waals surface area contributed by atoms with Gasteiger partial charge < -0.3 is 14.6 Å². The third-order valence-electron chi connectivity index (χ3n) is 4.86. The number of nitrogens with one attached hydrogen (secondary N) is 1. The van der Waals surface area contributed by atoms with Gasteiger partial charge in [-0.25, -0.2) is 4.98 Å². The molecule has 0 spiro atoms. The molecule has 2 fully saturated rings. The summed E-state index contributed by atoms with van der Waals surface area (Å²) in [5.74, 6) is 1.25. The Hall–Kier alpha value is -1.69. The van der Waals surface area contributed by atoms with E-state index in [1.54, 1.807) is 6.92 Å². The molecule has 1 amide bonds. The van der Waals surface area contributed by atoms with Gasteiger partial charge in [-0.05, 0) is 25.7 Å². The zero-order valence-corrected chi connectivity index (χ0v) is 13.7. The molecule has 6 nitrogen and oxygen atoms in total. The highest BCUT2D eigenvalue weighted by atomic mass is 16.5. The number of hydrogen-bond donors (Lipinski definition) is 1. The third kappa shape index (κ3) is 3.99. The van der Waals surface area contributed by atoms with Crippen molar-refractivity contribution in [2.45, 2.75) is 51.5 Å². The summed E-state index contributed by atoms with van der Waals surface area (Å²) in [5.41, 5.74) is 0.445. The van der Waals surface area contributed by atoms with E-state index in [9.17, 15) is 9.59 Å².